The van der Waals surface area contributed by atoms with E-state index in [0.717, 1.165) is 19.4 Å². The summed E-state index contributed by atoms with van der Waals surface area (Å²) >= 11 is 0. The van der Waals surface area contributed by atoms with Crippen LogP contribution in [0, 0.1) is 0 Å². The summed E-state index contributed by atoms with van der Waals surface area (Å²) in [5.41, 5.74) is 9.90. The van der Waals surface area contributed by atoms with Gasteiger partial charge in [0.2, 0.25) is 0 Å². The first-order valence-corrected chi connectivity index (χ1v) is 5.92. The van der Waals surface area contributed by atoms with Gasteiger partial charge in [0, 0.05) is 11.7 Å². The van der Waals surface area contributed by atoms with Crippen LogP contribution in [-0.4, -0.2) is 12.6 Å². The number of hydrogen-bond donors (Lipinski definition) is 2. The van der Waals surface area contributed by atoms with Gasteiger partial charge in [-0.2, -0.15) is 0 Å². The molecule has 1 aliphatic heterocycles. The molecular formula is C13H20N2. The Bertz CT molecular complexity index is 319. The number of benzene rings is 1. The Labute approximate surface area is 91.9 Å². The SMILES string of the molecule is CCc1cccc2c1NC(CCN)CC2. The van der Waals surface area contributed by atoms with Crippen LogP contribution in [0.2, 0.25) is 0 Å². The fourth-order valence-corrected chi connectivity index (χ4v) is 2.37. The van der Waals surface area contributed by atoms with Gasteiger partial charge in [0.05, 0.1) is 0 Å². The lowest BCUT2D eigenvalue weighted by molar-refractivity contribution is 0.592. The maximum atomic E-state index is 5.61. The van der Waals surface area contributed by atoms with E-state index in [-0.39, 0.29) is 0 Å². The van der Waals surface area contributed by atoms with Gasteiger partial charge in [-0.1, -0.05) is 25.1 Å². The molecule has 0 spiro atoms. The molecule has 2 heteroatoms. The van der Waals surface area contributed by atoms with Crippen LogP contribution >= 0.6 is 0 Å². The number of fused-ring (bicyclic) bond motifs is 1. The monoisotopic (exact) mass is 204 g/mol. The summed E-state index contributed by atoms with van der Waals surface area (Å²) in [6.07, 6.45) is 4.60. The highest BCUT2D eigenvalue weighted by molar-refractivity contribution is 5.59. The molecule has 82 valence electrons. The Hall–Kier alpha value is -1.02. The van der Waals surface area contributed by atoms with Gasteiger partial charge in [-0.05, 0) is 43.4 Å². The third kappa shape index (κ3) is 2.15. The highest BCUT2D eigenvalue weighted by atomic mass is 14.9. The third-order valence-electron chi connectivity index (χ3n) is 3.24. The molecular weight excluding hydrogens is 184 g/mol. The normalized spacial score (nSPS) is 19.5. The molecule has 3 N–H and O–H groups in total. The second kappa shape index (κ2) is 4.67. The van der Waals surface area contributed by atoms with E-state index in [4.69, 9.17) is 5.73 Å². The standard InChI is InChI=1S/C13H20N2/c1-2-10-4-3-5-11-6-7-12(8-9-14)15-13(10)11/h3-5,12,15H,2,6-9,14H2,1H3. The van der Waals surface area contributed by atoms with Crippen LogP contribution in [0.3, 0.4) is 0 Å². The summed E-state index contributed by atoms with van der Waals surface area (Å²) in [6.45, 7) is 2.99. The van der Waals surface area contributed by atoms with Gasteiger partial charge in [-0.25, -0.2) is 0 Å². The van der Waals surface area contributed by atoms with Gasteiger partial charge < -0.3 is 11.1 Å². The zero-order valence-corrected chi connectivity index (χ0v) is 9.42. The lowest BCUT2D eigenvalue weighted by Gasteiger charge is -2.28. The molecule has 1 heterocycles. The highest BCUT2D eigenvalue weighted by Gasteiger charge is 2.18. The predicted molar refractivity (Wildman–Crippen MR) is 65.2 cm³/mol. The highest BCUT2D eigenvalue weighted by Crippen LogP contribution is 2.29. The zero-order chi connectivity index (χ0) is 10.7. The minimum absolute atomic E-state index is 0.579. The third-order valence-corrected chi connectivity index (χ3v) is 3.24. The van der Waals surface area contributed by atoms with Gasteiger partial charge in [-0.15, -0.1) is 0 Å². The first-order valence-electron chi connectivity index (χ1n) is 5.92. The summed E-state index contributed by atoms with van der Waals surface area (Å²) in [7, 11) is 0. The number of aryl methyl sites for hydroxylation is 2. The first kappa shape index (κ1) is 10.5. The Morgan fingerprint density at radius 1 is 1.47 bits per heavy atom. The Morgan fingerprint density at radius 2 is 2.33 bits per heavy atom. The van der Waals surface area contributed by atoms with Gasteiger partial charge in [0.25, 0.3) is 0 Å². The molecule has 1 aliphatic rings. The Kier molecular flexibility index (Phi) is 3.27. The number of hydrogen-bond acceptors (Lipinski definition) is 2. The fourth-order valence-electron chi connectivity index (χ4n) is 2.37. The summed E-state index contributed by atoms with van der Waals surface area (Å²) < 4.78 is 0. The average Bonchev–Trinajstić information content (AvgIpc) is 2.28. The summed E-state index contributed by atoms with van der Waals surface area (Å²) in [4.78, 5) is 0. The van der Waals surface area contributed by atoms with Crippen molar-refractivity contribution in [2.45, 2.75) is 38.6 Å². The van der Waals surface area contributed by atoms with E-state index < -0.39 is 0 Å². The fraction of sp³-hybridized carbons (Fsp3) is 0.538. The van der Waals surface area contributed by atoms with Crippen molar-refractivity contribution in [1.29, 1.82) is 0 Å². The van der Waals surface area contributed by atoms with Crippen molar-refractivity contribution in [2.75, 3.05) is 11.9 Å². The first-order chi connectivity index (χ1) is 7.35. The van der Waals surface area contributed by atoms with Crippen molar-refractivity contribution in [1.82, 2.24) is 0 Å². The second-order valence-corrected chi connectivity index (χ2v) is 4.26. The van der Waals surface area contributed by atoms with Gasteiger partial charge in [-0.3, -0.25) is 0 Å². The smallest absolute Gasteiger partial charge is 0.0407 e. The Morgan fingerprint density at radius 3 is 3.07 bits per heavy atom. The van der Waals surface area contributed by atoms with Crippen LogP contribution in [0.4, 0.5) is 5.69 Å². The Balaban J connectivity index is 2.22. The van der Waals surface area contributed by atoms with Gasteiger partial charge in [0.1, 0.15) is 0 Å². The van der Waals surface area contributed by atoms with Crippen LogP contribution in [-0.2, 0) is 12.8 Å². The van der Waals surface area contributed by atoms with Crippen LogP contribution in [0.25, 0.3) is 0 Å². The van der Waals surface area contributed by atoms with Crippen molar-refractivity contribution in [3.63, 3.8) is 0 Å². The summed E-state index contributed by atoms with van der Waals surface area (Å²) in [5, 5.41) is 3.64. The largest absolute Gasteiger partial charge is 0.382 e. The van der Waals surface area contributed by atoms with Crippen molar-refractivity contribution < 1.29 is 0 Å². The van der Waals surface area contributed by atoms with E-state index >= 15 is 0 Å². The number of nitrogens with one attached hydrogen (secondary N) is 1. The molecule has 1 aromatic rings. The maximum Gasteiger partial charge on any atom is 0.0407 e. The van der Waals surface area contributed by atoms with Crippen LogP contribution in [0.15, 0.2) is 18.2 Å². The topological polar surface area (TPSA) is 38.0 Å². The van der Waals surface area contributed by atoms with E-state index in [2.05, 4.69) is 30.4 Å². The van der Waals surface area contributed by atoms with Gasteiger partial charge in [0.15, 0.2) is 0 Å². The van der Waals surface area contributed by atoms with Crippen molar-refractivity contribution in [3.8, 4) is 0 Å². The molecule has 2 nitrogen and oxygen atoms in total. The van der Waals surface area contributed by atoms with E-state index in [1.807, 2.05) is 0 Å². The second-order valence-electron chi connectivity index (χ2n) is 4.26. The maximum absolute atomic E-state index is 5.61. The molecule has 0 aromatic heterocycles. The van der Waals surface area contributed by atoms with E-state index in [1.165, 1.54) is 29.7 Å². The quantitative estimate of drug-likeness (QED) is 0.793. The molecule has 0 saturated heterocycles. The minimum Gasteiger partial charge on any atom is -0.382 e. The molecule has 1 unspecified atom stereocenters. The van der Waals surface area contributed by atoms with Crippen molar-refractivity contribution in [3.05, 3.63) is 29.3 Å². The molecule has 1 aromatic carbocycles. The van der Waals surface area contributed by atoms with E-state index in [0.29, 0.717) is 6.04 Å². The average molecular weight is 204 g/mol. The predicted octanol–water partition coefficient (Wildman–Crippen LogP) is 2.32. The molecule has 0 radical (unpaired) electrons. The molecule has 1 atom stereocenters. The van der Waals surface area contributed by atoms with E-state index in [1.54, 1.807) is 0 Å². The molecule has 2 rings (SSSR count). The van der Waals surface area contributed by atoms with Crippen LogP contribution in [0.5, 0.6) is 0 Å². The number of para-hydroxylation sites is 1. The molecule has 0 aliphatic carbocycles. The van der Waals surface area contributed by atoms with Crippen LogP contribution in [0.1, 0.15) is 30.9 Å². The molecule has 0 fully saturated rings. The number of nitrogens with two attached hydrogens (primary N) is 1. The number of anilines is 1. The van der Waals surface area contributed by atoms with Gasteiger partial charge >= 0.3 is 0 Å². The summed E-state index contributed by atoms with van der Waals surface area (Å²) in [5.74, 6) is 0. The van der Waals surface area contributed by atoms with Crippen LogP contribution < -0.4 is 11.1 Å². The molecule has 0 amide bonds. The molecule has 15 heavy (non-hydrogen) atoms. The lowest BCUT2D eigenvalue weighted by atomic mass is 9.93. The van der Waals surface area contributed by atoms with Crippen molar-refractivity contribution in [2.24, 2.45) is 5.73 Å². The molecule has 0 bridgehead atoms. The molecule has 0 saturated carbocycles. The van der Waals surface area contributed by atoms with Crippen molar-refractivity contribution >= 4 is 5.69 Å². The minimum atomic E-state index is 0.579. The van der Waals surface area contributed by atoms with E-state index in [9.17, 15) is 0 Å². The zero-order valence-electron chi connectivity index (χ0n) is 9.42. The summed E-state index contributed by atoms with van der Waals surface area (Å²) in [6, 6.07) is 7.20. The lowest BCUT2D eigenvalue weighted by Crippen LogP contribution is -2.28. The number of rotatable bonds is 3.